The van der Waals surface area contributed by atoms with E-state index >= 15 is 0 Å². The van der Waals surface area contributed by atoms with Gasteiger partial charge in [-0.3, -0.25) is 0 Å². The van der Waals surface area contributed by atoms with Gasteiger partial charge in [-0.2, -0.15) is 0 Å². The van der Waals surface area contributed by atoms with Gasteiger partial charge in [0.1, 0.15) is 23.9 Å². The van der Waals surface area contributed by atoms with Crippen molar-refractivity contribution in [2.45, 2.75) is 33.3 Å². The molecule has 3 aromatic rings. The minimum absolute atomic E-state index is 0.332. The molecule has 0 saturated carbocycles. The number of allylic oxidation sites excluding steroid dienone is 1. The van der Waals surface area contributed by atoms with Crippen LogP contribution in [0.15, 0.2) is 72.8 Å². The molecule has 0 aliphatic rings. The minimum Gasteiger partial charge on any atom is -0.497 e. The second-order valence-corrected chi connectivity index (χ2v) is 8.39. The molecule has 6 nitrogen and oxygen atoms in total. The maximum absolute atomic E-state index is 12.1. The number of methoxy groups -OCH3 is 2. The summed E-state index contributed by atoms with van der Waals surface area (Å²) in [5.74, 6) is 2.02. The fourth-order valence-electron chi connectivity index (χ4n) is 3.92. The first kappa shape index (κ1) is 27.8. The molecular formula is C31H36O6. The Hall–Kier alpha value is -3.77. The van der Waals surface area contributed by atoms with E-state index in [0.29, 0.717) is 26.2 Å². The Kier molecular flexibility index (Phi) is 10.6. The highest BCUT2D eigenvalue weighted by atomic mass is 16.6. The lowest BCUT2D eigenvalue weighted by Gasteiger charge is -2.15. The van der Waals surface area contributed by atoms with Gasteiger partial charge in [0, 0.05) is 18.6 Å². The SMILES string of the molecule is CCOC(=O)[C@H](Cc1ccc(OC/C=C(\C)c2ccc(-c3cc(OC)ccc3OC)cc2)cc1)OCC. The Labute approximate surface area is 219 Å². The zero-order chi connectivity index (χ0) is 26.6. The van der Waals surface area contributed by atoms with E-state index in [1.807, 2.05) is 49.4 Å². The predicted octanol–water partition coefficient (Wildman–Crippen LogP) is 6.36. The second-order valence-electron chi connectivity index (χ2n) is 8.39. The van der Waals surface area contributed by atoms with E-state index in [2.05, 4.69) is 37.3 Å². The van der Waals surface area contributed by atoms with Crippen LogP contribution in [0.1, 0.15) is 31.9 Å². The fourth-order valence-corrected chi connectivity index (χ4v) is 3.92. The van der Waals surface area contributed by atoms with Gasteiger partial charge in [-0.15, -0.1) is 0 Å². The van der Waals surface area contributed by atoms with E-state index in [1.165, 1.54) is 0 Å². The maximum atomic E-state index is 12.1. The molecule has 3 rings (SSSR count). The summed E-state index contributed by atoms with van der Waals surface area (Å²) < 4.78 is 27.5. The predicted molar refractivity (Wildman–Crippen MR) is 146 cm³/mol. The van der Waals surface area contributed by atoms with Crippen molar-refractivity contribution in [2.75, 3.05) is 34.0 Å². The molecule has 0 N–H and O–H groups in total. The molecule has 0 amide bonds. The largest absolute Gasteiger partial charge is 0.497 e. The molecule has 3 aromatic carbocycles. The van der Waals surface area contributed by atoms with Crippen molar-refractivity contribution in [3.05, 3.63) is 83.9 Å². The highest BCUT2D eigenvalue weighted by Crippen LogP contribution is 2.34. The number of benzene rings is 3. The first-order valence-electron chi connectivity index (χ1n) is 12.5. The van der Waals surface area contributed by atoms with Gasteiger partial charge in [-0.1, -0.05) is 36.4 Å². The molecule has 0 aliphatic carbocycles. The lowest BCUT2D eigenvalue weighted by atomic mass is 10.00. The molecule has 0 saturated heterocycles. The lowest BCUT2D eigenvalue weighted by molar-refractivity contribution is -0.156. The number of hydrogen-bond donors (Lipinski definition) is 0. The van der Waals surface area contributed by atoms with Gasteiger partial charge in [0.05, 0.1) is 20.8 Å². The van der Waals surface area contributed by atoms with Crippen LogP contribution in [0.5, 0.6) is 17.2 Å². The van der Waals surface area contributed by atoms with Crippen molar-refractivity contribution in [1.29, 1.82) is 0 Å². The summed E-state index contributed by atoms with van der Waals surface area (Å²) >= 11 is 0. The average molecular weight is 505 g/mol. The fraction of sp³-hybridized carbons (Fsp3) is 0.323. The number of carbonyl (C=O) groups is 1. The van der Waals surface area contributed by atoms with Crippen LogP contribution in [0.2, 0.25) is 0 Å². The Morgan fingerprint density at radius 1 is 0.865 bits per heavy atom. The zero-order valence-electron chi connectivity index (χ0n) is 22.3. The topological polar surface area (TPSA) is 63.2 Å². The van der Waals surface area contributed by atoms with Crippen LogP contribution in [0.25, 0.3) is 16.7 Å². The van der Waals surface area contributed by atoms with Gasteiger partial charge in [-0.05, 0) is 79.4 Å². The first-order valence-corrected chi connectivity index (χ1v) is 12.5. The number of rotatable bonds is 13. The number of carbonyl (C=O) groups excluding carboxylic acids is 1. The van der Waals surface area contributed by atoms with Gasteiger partial charge in [-0.25, -0.2) is 4.79 Å². The highest BCUT2D eigenvalue weighted by Gasteiger charge is 2.20. The summed E-state index contributed by atoms with van der Waals surface area (Å²) in [4.78, 5) is 12.1. The summed E-state index contributed by atoms with van der Waals surface area (Å²) in [6.07, 6.45) is 1.92. The standard InChI is InChI=1S/C31H36O6/c1-6-35-30(31(32)36-7-2)20-23-8-14-26(15-9-23)37-19-18-22(3)24-10-12-25(13-11-24)28-21-27(33-4)16-17-29(28)34-5/h8-18,21,30H,6-7,19-20H2,1-5H3/b22-18+/t30-/m0/s1. The Morgan fingerprint density at radius 3 is 2.19 bits per heavy atom. The molecule has 0 bridgehead atoms. The molecule has 0 aromatic heterocycles. The summed E-state index contributed by atoms with van der Waals surface area (Å²) in [5.41, 5.74) is 5.26. The highest BCUT2D eigenvalue weighted by molar-refractivity contribution is 5.75. The quantitative estimate of drug-likeness (QED) is 0.252. The van der Waals surface area contributed by atoms with E-state index < -0.39 is 6.10 Å². The maximum Gasteiger partial charge on any atom is 0.335 e. The molecule has 0 fully saturated rings. The molecule has 0 spiro atoms. The monoisotopic (exact) mass is 504 g/mol. The molecule has 37 heavy (non-hydrogen) atoms. The summed E-state index contributed by atoms with van der Waals surface area (Å²) in [5, 5.41) is 0. The van der Waals surface area contributed by atoms with Crippen LogP contribution in [-0.2, 0) is 20.7 Å². The zero-order valence-corrected chi connectivity index (χ0v) is 22.3. The van der Waals surface area contributed by atoms with E-state index in [-0.39, 0.29) is 5.97 Å². The van der Waals surface area contributed by atoms with Gasteiger partial charge >= 0.3 is 5.97 Å². The second kappa shape index (κ2) is 14.1. The van der Waals surface area contributed by atoms with E-state index in [4.69, 9.17) is 23.7 Å². The lowest BCUT2D eigenvalue weighted by Crippen LogP contribution is -2.28. The molecule has 0 heterocycles. The van der Waals surface area contributed by atoms with Gasteiger partial charge < -0.3 is 23.7 Å². The van der Waals surface area contributed by atoms with Crippen LogP contribution in [0.4, 0.5) is 0 Å². The third kappa shape index (κ3) is 7.86. The van der Waals surface area contributed by atoms with E-state index in [1.54, 1.807) is 21.1 Å². The Balaban J connectivity index is 1.59. The van der Waals surface area contributed by atoms with Crippen molar-refractivity contribution in [3.63, 3.8) is 0 Å². The molecule has 0 unspecified atom stereocenters. The molecule has 6 heteroatoms. The molecule has 0 radical (unpaired) electrons. The van der Waals surface area contributed by atoms with Gasteiger partial charge in [0.2, 0.25) is 0 Å². The van der Waals surface area contributed by atoms with Crippen LogP contribution < -0.4 is 14.2 Å². The summed E-state index contributed by atoms with van der Waals surface area (Å²) in [6.45, 7) is 6.96. The van der Waals surface area contributed by atoms with E-state index in [9.17, 15) is 4.79 Å². The first-order chi connectivity index (χ1) is 18.0. The van der Waals surface area contributed by atoms with Gasteiger partial charge in [0.25, 0.3) is 0 Å². The number of hydrogen-bond acceptors (Lipinski definition) is 6. The molecular weight excluding hydrogens is 468 g/mol. The number of ether oxygens (including phenoxy) is 5. The normalized spacial score (nSPS) is 12.1. The van der Waals surface area contributed by atoms with Crippen LogP contribution in [0, 0.1) is 0 Å². The minimum atomic E-state index is -0.598. The summed E-state index contributed by atoms with van der Waals surface area (Å²) in [7, 11) is 3.32. The van der Waals surface area contributed by atoms with Crippen molar-refractivity contribution in [2.24, 2.45) is 0 Å². The molecule has 1 atom stereocenters. The van der Waals surface area contributed by atoms with Crippen molar-refractivity contribution in [1.82, 2.24) is 0 Å². The molecule has 196 valence electrons. The average Bonchev–Trinajstić information content (AvgIpc) is 2.93. The van der Waals surface area contributed by atoms with Crippen LogP contribution in [0.3, 0.4) is 0 Å². The van der Waals surface area contributed by atoms with Crippen molar-refractivity contribution >= 4 is 11.5 Å². The van der Waals surface area contributed by atoms with Crippen molar-refractivity contribution < 1.29 is 28.5 Å². The smallest absolute Gasteiger partial charge is 0.335 e. The summed E-state index contributed by atoms with van der Waals surface area (Å²) in [6, 6.07) is 21.8. The third-order valence-corrected chi connectivity index (χ3v) is 5.96. The van der Waals surface area contributed by atoms with Gasteiger partial charge in [0.15, 0.2) is 6.10 Å². The Bertz CT molecular complexity index is 1170. The van der Waals surface area contributed by atoms with Crippen molar-refractivity contribution in [3.8, 4) is 28.4 Å². The van der Waals surface area contributed by atoms with Crippen LogP contribution >= 0.6 is 0 Å². The third-order valence-electron chi connectivity index (χ3n) is 5.96. The Morgan fingerprint density at radius 2 is 1.57 bits per heavy atom. The van der Waals surface area contributed by atoms with E-state index in [0.717, 1.165) is 45.1 Å². The number of esters is 1. The van der Waals surface area contributed by atoms with Crippen LogP contribution in [-0.4, -0.2) is 46.1 Å². The molecule has 0 aliphatic heterocycles.